The average Bonchev–Trinajstić information content (AvgIpc) is 3.23. The fourth-order valence-corrected chi connectivity index (χ4v) is 5.05. The lowest BCUT2D eigenvalue weighted by Gasteiger charge is -2.26. The first-order valence-corrected chi connectivity index (χ1v) is 12.4. The Balaban J connectivity index is 1.64. The number of para-hydroxylation sites is 1. The Kier molecular flexibility index (Phi) is 7.30. The minimum Gasteiger partial charge on any atom is -0.378 e. The zero-order valence-corrected chi connectivity index (χ0v) is 20.5. The van der Waals surface area contributed by atoms with Crippen LogP contribution in [-0.4, -0.2) is 37.3 Å². The van der Waals surface area contributed by atoms with Gasteiger partial charge in [-0.2, -0.15) is 0 Å². The third-order valence-corrected chi connectivity index (χ3v) is 6.81. The normalized spacial score (nSPS) is 14.1. The Labute approximate surface area is 200 Å². The predicted octanol–water partition coefficient (Wildman–Crippen LogP) is 6.54. The van der Waals surface area contributed by atoms with Gasteiger partial charge in [0.15, 0.2) is 5.13 Å². The van der Waals surface area contributed by atoms with Gasteiger partial charge in [0.1, 0.15) is 10.7 Å². The summed E-state index contributed by atoms with van der Waals surface area (Å²) in [6, 6.07) is 16.0. The maximum absolute atomic E-state index is 13.2. The lowest BCUT2D eigenvalue weighted by Crippen LogP contribution is -2.36. The average molecular weight is 465 g/mol. The molecular weight excluding hydrogens is 432 g/mol. The van der Waals surface area contributed by atoms with Crippen LogP contribution < -0.4 is 15.5 Å². The van der Waals surface area contributed by atoms with Crippen molar-refractivity contribution in [1.82, 2.24) is 4.98 Å². The van der Waals surface area contributed by atoms with Gasteiger partial charge in [-0.3, -0.25) is 5.32 Å². The number of rotatable bonds is 6. The van der Waals surface area contributed by atoms with E-state index in [9.17, 15) is 4.79 Å². The molecule has 6 nitrogen and oxygen atoms in total. The highest BCUT2D eigenvalue weighted by molar-refractivity contribution is 7.20. The smallest absolute Gasteiger partial charge is 0.324 e. The number of hydrogen-bond acceptors (Lipinski definition) is 5. The molecule has 4 rings (SSSR count). The summed E-state index contributed by atoms with van der Waals surface area (Å²) in [5, 5.41) is 7.90. The number of hydrogen-bond donors (Lipinski definition) is 2. The van der Waals surface area contributed by atoms with Gasteiger partial charge >= 0.3 is 6.03 Å². The summed E-state index contributed by atoms with van der Waals surface area (Å²) in [5.74, 6) is 0.602. The molecule has 0 bridgehead atoms. The van der Waals surface area contributed by atoms with Crippen LogP contribution in [0.5, 0.6) is 0 Å². The van der Waals surface area contributed by atoms with E-state index in [1.807, 2.05) is 30.3 Å². The molecular formula is C26H32N4O2S. The topological polar surface area (TPSA) is 66.5 Å². The number of nitrogens with one attached hydrogen (secondary N) is 2. The Morgan fingerprint density at radius 3 is 2.18 bits per heavy atom. The number of nitrogens with zero attached hydrogens (tertiary/aromatic N) is 2. The highest BCUT2D eigenvalue weighted by Gasteiger charge is 2.22. The second-order valence-electron chi connectivity index (χ2n) is 8.84. The third kappa shape index (κ3) is 5.37. The summed E-state index contributed by atoms with van der Waals surface area (Å²) in [6.07, 6.45) is 0. The Morgan fingerprint density at radius 1 is 0.939 bits per heavy atom. The first-order valence-electron chi connectivity index (χ1n) is 11.5. The molecule has 1 saturated heterocycles. The number of amides is 2. The summed E-state index contributed by atoms with van der Waals surface area (Å²) in [5.41, 5.74) is 4.95. The van der Waals surface area contributed by atoms with E-state index in [2.05, 4.69) is 61.4 Å². The number of urea groups is 1. The van der Waals surface area contributed by atoms with Gasteiger partial charge in [0.2, 0.25) is 0 Å². The predicted molar refractivity (Wildman–Crippen MR) is 138 cm³/mol. The summed E-state index contributed by atoms with van der Waals surface area (Å²) in [6.45, 7) is 11.6. The summed E-state index contributed by atoms with van der Waals surface area (Å²) in [7, 11) is 0. The molecule has 33 heavy (non-hydrogen) atoms. The van der Waals surface area contributed by atoms with Crippen molar-refractivity contribution in [2.75, 3.05) is 41.8 Å². The van der Waals surface area contributed by atoms with E-state index < -0.39 is 0 Å². The van der Waals surface area contributed by atoms with Gasteiger partial charge < -0.3 is 15.0 Å². The van der Waals surface area contributed by atoms with Crippen LogP contribution >= 0.6 is 11.3 Å². The molecule has 3 aromatic rings. The van der Waals surface area contributed by atoms with Gasteiger partial charge in [-0.1, -0.05) is 87.6 Å². The third-order valence-electron chi connectivity index (χ3n) is 5.78. The van der Waals surface area contributed by atoms with Gasteiger partial charge in [-0.15, -0.1) is 0 Å². The number of benzene rings is 2. The van der Waals surface area contributed by atoms with Crippen molar-refractivity contribution >= 4 is 33.2 Å². The van der Waals surface area contributed by atoms with E-state index in [0.717, 1.165) is 51.3 Å². The summed E-state index contributed by atoms with van der Waals surface area (Å²) < 4.78 is 5.49. The quantitative estimate of drug-likeness (QED) is 0.435. The molecule has 7 heteroatoms. The molecule has 0 radical (unpaired) electrons. The molecule has 0 unspecified atom stereocenters. The number of carbonyl (C=O) groups excluding carboxylic acids is 1. The Bertz CT molecular complexity index is 1060. The fourth-order valence-electron chi connectivity index (χ4n) is 4.02. The van der Waals surface area contributed by atoms with E-state index in [1.54, 1.807) is 0 Å². The second kappa shape index (κ2) is 10.4. The molecule has 1 aliphatic rings. The lowest BCUT2D eigenvalue weighted by atomic mass is 9.93. The van der Waals surface area contributed by atoms with Crippen molar-refractivity contribution in [3.8, 4) is 11.3 Å². The van der Waals surface area contributed by atoms with Crippen LogP contribution in [0, 0.1) is 0 Å². The molecule has 1 fully saturated rings. The molecule has 0 spiro atoms. The number of morpholine rings is 1. The van der Waals surface area contributed by atoms with Crippen molar-refractivity contribution in [1.29, 1.82) is 0 Å². The standard InChI is InChI=1S/C26H32N4O2S/c1-17(2)20-11-8-12-21(18(3)4)23(20)27-25(31)29-24-22(19-9-6-5-7-10-19)28-26(33-24)30-13-15-32-16-14-30/h5-12,17-18H,13-16H2,1-4H3,(H2,27,29,31). The van der Waals surface area contributed by atoms with Crippen molar-refractivity contribution in [2.45, 2.75) is 39.5 Å². The van der Waals surface area contributed by atoms with Crippen LogP contribution in [0.4, 0.5) is 20.6 Å². The van der Waals surface area contributed by atoms with Gasteiger partial charge in [0, 0.05) is 24.3 Å². The number of aromatic nitrogens is 1. The van der Waals surface area contributed by atoms with Crippen molar-refractivity contribution in [3.05, 3.63) is 59.7 Å². The van der Waals surface area contributed by atoms with E-state index >= 15 is 0 Å². The highest BCUT2D eigenvalue weighted by Crippen LogP contribution is 2.38. The van der Waals surface area contributed by atoms with Crippen LogP contribution in [0.3, 0.4) is 0 Å². The number of anilines is 3. The van der Waals surface area contributed by atoms with Crippen molar-refractivity contribution < 1.29 is 9.53 Å². The van der Waals surface area contributed by atoms with E-state index in [-0.39, 0.29) is 6.03 Å². The molecule has 2 aromatic carbocycles. The van der Waals surface area contributed by atoms with Crippen LogP contribution in [0.2, 0.25) is 0 Å². The molecule has 1 aromatic heterocycles. The fraction of sp³-hybridized carbons (Fsp3) is 0.385. The largest absolute Gasteiger partial charge is 0.378 e. The van der Waals surface area contributed by atoms with Crippen LogP contribution in [0.15, 0.2) is 48.5 Å². The second-order valence-corrected chi connectivity index (χ2v) is 9.82. The van der Waals surface area contributed by atoms with E-state index in [4.69, 9.17) is 9.72 Å². The highest BCUT2D eigenvalue weighted by atomic mass is 32.1. The summed E-state index contributed by atoms with van der Waals surface area (Å²) in [4.78, 5) is 20.3. The van der Waals surface area contributed by atoms with Crippen LogP contribution in [-0.2, 0) is 4.74 Å². The molecule has 0 atom stereocenters. The first-order chi connectivity index (χ1) is 15.9. The minimum absolute atomic E-state index is 0.251. The zero-order chi connectivity index (χ0) is 23.4. The van der Waals surface area contributed by atoms with E-state index in [0.29, 0.717) is 25.0 Å². The summed E-state index contributed by atoms with van der Waals surface area (Å²) >= 11 is 1.51. The minimum atomic E-state index is -0.251. The molecule has 2 N–H and O–H groups in total. The van der Waals surface area contributed by atoms with Gasteiger partial charge in [-0.05, 0) is 23.0 Å². The molecule has 2 amide bonds. The number of thiazole rings is 1. The van der Waals surface area contributed by atoms with E-state index in [1.165, 1.54) is 11.3 Å². The molecule has 0 saturated carbocycles. The van der Waals surface area contributed by atoms with Gasteiger partial charge in [0.05, 0.1) is 13.2 Å². The monoisotopic (exact) mass is 464 g/mol. The number of carbonyl (C=O) groups is 1. The van der Waals surface area contributed by atoms with Crippen molar-refractivity contribution in [2.24, 2.45) is 0 Å². The first kappa shape index (κ1) is 23.3. The molecule has 2 heterocycles. The maximum Gasteiger partial charge on any atom is 0.324 e. The van der Waals surface area contributed by atoms with Crippen molar-refractivity contribution in [3.63, 3.8) is 0 Å². The van der Waals surface area contributed by atoms with Gasteiger partial charge in [0.25, 0.3) is 0 Å². The SMILES string of the molecule is CC(C)c1cccc(C(C)C)c1NC(=O)Nc1sc(N2CCOCC2)nc1-c1ccccc1. The molecule has 174 valence electrons. The van der Waals surface area contributed by atoms with Crippen LogP contribution in [0.25, 0.3) is 11.3 Å². The molecule has 0 aliphatic carbocycles. The molecule has 1 aliphatic heterocycles. The van der Waals surface area contributed by atoms with Gasteiger partial charge in [-0.25, -0.2) is 9.78 Å². The Hall–Kier alpha value is -2.90. The van der Waals surface area contributed by atoms with Crippen LogP contribution in [0.1, 0.15) is 50.7 Å². The maximum atomic E-state index is 13.2. The lowest BCUT2D eigenvalue weighted by molar-refractivity contribution is 0.122. The Morgan fingerprint density at radius 2 is 1.58 bits per heavy atom. The zero-order valence-electron chi connectivity index (χ0n) is 19.7. The number of ether oxygens (including phenoxy) is 1.